The molecule has 0 unspecified atom stereocenters. The molecule has 0 aliphatic carbocycles. The van der Waals surface area contributed by atoms with Crippen molar-refractivity contribution < 1.29 is 25.8 Å². The molecule has 0 saturated carbocycles. The van der Waals surface area contributed by atoms with Crippen molar-refractivity contribution in [2.75, 3.05) is 9.80 Å². The number of para-hydroxylation sites is 1. The van der Waals surface area contributed by atoms with Gasteiger partial charge in [0, 0.05) is 66.5 Å². The zero-order valence-electron chi connectivity index (χ0n) is 41.8. The van der Waals surface area contributed by atoms with Crippen molar-refractivity contribution >= 4 is 38.9 Å². The Morgan fingerprint density at radius 2 is 1.07 bits per heavy atom. The Morgan fingerprint density at radius 3 is 1.69 bits per heavy atom. The third-order valence-corrected chi connectivity index (χ3v) is 14.3. The van der Waals surface area contributed by atoms with Gasteiger partial charge < -0.3 is 19.1 Å². The number of hydrogen-bond donors (Lipinski definition) is 0. The summed E-state index contributed by atoms with van der Waals surface area (Å²) < 4.78 is 9.11. The molecule has 6 heteroatoms. The second-order valence-corrected chi connectivity index (χ2v) is 20.7. The molecule has 0 spiro atoms. The van der Waals surface area contributed by atoms with Gasteiger partial charge in [-0.3, -0.25) is 0 Å². The van der Waals surface area contributed by atoms with Gasteiger partial charge in [0.25, 0.3) is 0 Å². The molecule has 0 N–H and O–H groups in total. The molecule has 8 aromatic carbocycles. The molecule has 10 aromatic rings. The largest absolute Gasteiger partial charge is 0.509 e. The number of pyridine rings is 1. The first-order valence-electron chi connectivity index (χ1n) is 24.5. The van der Waals surface area contributed by atoms with Crippen molar-refractivity contribution in [2.45, 2.75) is 64.7 Å². The Labute approximate surface area is 439 Å². The summed E-state index contributed by atoms with van der Waals surface area (Å²) in [7, 11) is 0. The van der Waals surface area contributed by atoms with Gasteiger partial charge in [-0.15, -0.1) is 53.6 Å². The predicted molar refractivity (Wildman–Crippen MR) is 294 cm³/mol. The van der Waals surface area contributed by atoms with Gasteiger partial charge >= 0.3 is 0 Å². The van der Waals surface area contributed by atoms with E-state index in [1.165, 1.54) is 27.8 Å². The Bertz CT molecular complexity index is 3510. The maximum absolute atomic E-state index is 6.91. The van der Waals surface area contributed by atoms with Crippen molar-refractivity contribution in [3.05, 3.63) is 265 Å². The normalized spacial score (nSPS) is 13.1. The van der Waals surface area contributed by atoms with E-state index in [9.17, 15) is 0 Å². The number of hydrogen-bond acceptors (Lipinski definition) is 4. The molecule has 0 bridgehead atoms. The number of aromatic nitrogens is 2. The van der Waals surface area contributed by atoms with E-state index in [0.717, 1.165) is 61.4 Å². The Morgan fingerprint density at radius 1 is 0.486 bits per heavy atom. The van der Waals surface area contributed by atoms with Crippen molar-refractivity contribution in [3.63, 3.8) is 0 Å². The van der Waals surface area contributed by atoms with E-state index in [-0.39, 0.29) is 37.3 Å². The molecule has 1 aliphatic rings. The summed E-state index contributed by atoms with van der Waals surface area (Å²) >= 11 is 0. The van der Waals surface area contributed by atoms with Crippen molar-refractivity contribution in [3.8, 4) is 28.4 Å². The minimum atomic E-state index is -0.291. The van der Waals surface area contributed by atoms with Crippen LogP contribution in [-0.2, 0) is 37.3 Å². The molecule has 5 nitrogen and oxygen atoms in total. The monoisotopic (exact) mass is 1120 g/mol. The van der Waals surface area contributed by atoms with Crippen LogP contribution in [0.2, 0.25) is 0 Å². The molecular formula is C66H57N4OPt-3. The number of nitrogens with zero attached hydrogens (tertiary/aromatic N) is 4. The van der Waals surface area contributed by atoms with E-state index in [2.05, 4.69) is 276 Å². The van der Waals surface area contributed by atoms with E-state index in [4.69, 9.17) is 9.72 Å². The molecule has 2 aromatic heterocycles. The second-order valence-electron chi connectivity index (χ2n) is 20.7. The molecule has 1 aliphatic heterocycles. The van der Waals surface area contributed by atoms with Crippen LogP contribution in [0.25, 0.3) is 44.4 Å². The smallest absolute Gasteiger partial charge is 0.135 e. The molecule has 0 atom stereocenters. The summed E-state index contributed by atoms with van der Waals surface area (Å²) in [6, 6.07) is 78.5. The third-order valence-electron chi connectivity index (χ3n) is 14.3. The van der Waals surface area contributed by atoms with Crippen molar-refractivity contribution in [1.29, 1.82) is 0 Å². The van der Waals surface area contributed by atoms with Gasteiger partial charge in [-0.1, -0.05) is 200 Å². The average Bonchev–Trinajstić information content (AvgIpc) is 4.00. The minimum Gasteiger partial charge on any atom is -0.509 e. The number of benzene rings is 8. The zero-order chi connectivity index (χ0) is 48.9. The fourth-order valence-corrected chi connectivity index (χ4v) is 9.91. The zero-order valence-corrected chi connectivity index (χ0v) is 44.1. The van der Waals surface area contributed by atoms with Gasteiger partial charge in [0.05, 0.1) is 0 Å². The van der Waals surface area contributed by atoms with Crippen LogP contribution in [0.4, 0.5) is 11.4 Å². The average molecular weight is 1120 g/mol. The minimum absolute atomic E-state index is 0. The summed E-state index contributed by atoms with van der Waals surface area (Å²) in [5.41, 5.74) is 13.7. The number of fused-ring (bicyclic) bond motifs is 3. The first-order valence-corrected chi connectivity index (χ1v) is 24.5. The Kier molecular flexibility index (Phi) is 12.9. The van der Waals surface area contributed by atoms with Gasteiger partial charge in [0.15, 0.2) is 0 Å². The predicted octanol–water partition coefficient (Wildman–Crippen LogP) is 16.6. The summed E-state index contributed by atoms with van der Waals surface area (Å²) in [4.78, 5) is 9.41. The standard InChI is InChI=1S/C66H57N4O.Pt/c1-64(2,3)51-34-35-67-63(41-51)70-60-31-21-20-30-58(60)59-33-32-56(43-61(59)70)71-57-37-48(46-22-12-8-13-23-46)36-54(42-57)68-44-62(47-24-14-9-15-25-47)69(45-68)55-39-52(65(4,5)49-26-16-10-17-27-49)38-53(40-55)66(6,7)50-28-18-11-19-29-50;/h8-41,44-45H,1-7H3;/q-3;. The summed E-state index contributed by atoms with van der Waals surface area (Å²) in [6.07, 6.45) is 4.12. The van der Waals surface area contributed by atoms with Crippen LogP contribution in [0.15, 0.2) is 213 Å². The number of ether oxygens (including phenoxy) is 1. The maximum atomic E-state index is 6.91. The van der Waals surface area contributed by atoms with E-state index >= 15 is 0 Å². The SMILES string of the molecule is CC(C)(C)c1ccnc(-n2c3[c-]c(Oc4[c-]c(N5C=C(c6ccccc6)N(c6cc(C(C)(C)c7ccccc7)cc(C(C)(C)c7ccccc7)c6)[CH-]5)cc(-c5ccccc5)c4)ccc3c3ccccc32)c1.[Pt]. The fourth-order valence-electron chi connectivity index (χ4n) is 9.91. The van der Waals surface area contributed by atoms with E-state index in [1.54, 1.807) is 0 Å². The molecule has 0 fully saturated rings. The van der Waals surface area contributed by atoms with Crippen LogP contribution < -0.4 is 14.5 Å². The molecule has 3 heterocycles. The second kappa shape index (κ2) is 19.3. The molecule has 360 valence electrons. The van der Waals surface area contributed by atoms with Crippen LogP contribution in [-0.4, -0.2) is 9.55 Å². The molecule has 0 amide bonds. The van der Waals surface area contributed by atoms with Crippen LogP contribution in [0.3, 0.4) is 0 Å². The van der Waals surface area contributed by atoms with Crippen molar-refractivity contribution in [1.82, 2.24) is 9.55 Å². The Hall–Kier alpha value is -7.46. The summed E-state index contributed by atoms with van der Waals surface area (Å²) in [5.74, 6) is 2.00. The van der Waals surface area contributed by atoms with Gasteiger partial charge in [0.1, 0.15) is 5.82 Å². The van der Waals surface area contributed by atoms with Crippen LogP contribution in [0, 0.1) is 18.8 Å². The Balaban J connectivity index is 0.00000596. The van der Waals surface area contributed by atoms with E-state index in [0.29, 0.717) is 11.5 Å². The fraction of sp³-hybridized carbons (Fsp3) is 0.152. The van der Waals surface area contributed by atoms with Crippen LogP contribution in [0.5, 0.6) is 11.5 Å². The summed E-state index contributed by atoms with van der Waals surface area (Å²) in [6.45, 7) is 18.2. The first kappa shape index (κ1) is 48.2. The first-order chi connectivity index (χ1) is 34.3. The van der Waals surface area contributed by atoms with Crippen LogP contribution >= 0.6 is 0 Å². The van der Waals surface area contributed by atoms with Gasteiger partial charge in [0.2, 0.25) is 0 Å². The molecule has 0 radical (unpaired) electrons. The summed E-state index contributed by atoms with van der Waals surface area (Å²) in [5, 5.41) is 2.21. The molecular weight excluding hydrogens is 1060 g/mol. The molecule has 0 saturated heterocycles. The van der Waals surface area contributed by atoms with E-state index in [1.807, 2.05) is 18.3 Å². The maximum Gasteiger partial charge on any atom is 0.135 e. The number of anilines is 2. The number of rotatable bonds is 11. The van der Waals surface area contributed by atoms with Gasteiger partial charge in [-0.2, -0.15) is 6.07 Å². The van der Waals surface area contributed by atoms with E-state index < -0.39 is 0 Å². The quantitative estimate of drug-likeness (QED) is 0.121. The topological polar surface area (TPSA) is 33.5 Å². The van der Waals surface area contributed by atoms with Gasteiger partial charge in [-0.25, -0.2) is 4.98 Å². The molecule has 11 rings (SSSR count). The third kappa shape index (κ3) is 9.19. The van der Waals surface area contributed by atoms with Crippen molar-refractivity contribution in [2.24, 2.45) is 0 Å². The van der Waals surface area contributed by atoms with Crippen LogP contribution in [0.1, 0.15) is 81.8 Å². The molecule has 72 heavy (non-hydrogen) atoms. The van der Waals surface area contributed by atoms with Gasteiger partial charge in [-0.05, 0) is 86.3 Å².